The van der Waals surface area contributed by atoms with Gasteiger partial charge in [0.05, 0.1) is 12.6 Å². The van der Waals surface area contributed by atoms with Gasteiger partial charge in [0.25, 0.3) is 0 Å². The lowest BCUT2D eigenvalue weighted by atomic mass is 10.0. The largest absolute Gasteiger partial charge is 0.383 e. The standard InChI is InChI=1S/C13H28N2O2/c1-9(2)7-14-13(16)11(5)15-12(8-17-6)10(3)4/h9-12,15H,7-8H2,1-6H3,(H,14,16). The average Bonchev–Trinajstić information content (AvgIpc) is 2.24. The molecule has 2 unspecified atom stereocenters. The van der Waals surface area contributed by atoms with Crippen LogP contribution < -0.4 is 10.6 Å². The maximum Gasteiger partial charge on any atom is 0.236 e. The van der Waals surface area contributed by atoms with Crippen LogP contribution in [-0.4, -0.2) is 38.3 Å². The summed E-state index contributed by atoms with van der Waals surface area (Å²) in [6, 6.07) is 0.0242. The molecule has 0 saturated carbocycles. The minimum Gasteiger partial charge on any atom is -0.383 e. The summed E-state index contributed by atoms with van der Waals surface area (Å²) in [5, 5.41) is 6.23. The zero-order valence-electron chi connectivity index (χ0n) is 12.0. The van der Waals surface area contributed by atoms with E-state index < -0.39 is 0 Å². The van der Waals surface area contributed by atoms with E-state index in [1.165, 1.54) is 0 Å². The highest BCUT2D eigenvalue weighted by Crippen LogP contribution is 2.03. The number of amides is 1. The number of carbonyl (C=O) groups excluding carboxylic acids is 1. The van der Waals surface area contributed by atoms with Gasteiger partial charge in [-0.15, -0.1) is 0 Å². The van der Waals surface area contributed by atoms with Crippen LogP contribution in [-0.2, 0) is 9.53 Å². The second-order valence-corrected chi connectivity index (χ2v) is 5.33. The van der Waals surface area contributed by atoms with E-state index in [-0.39, 0.29) is 18.0 Å². The minimum atomic E-state index is -0.184. The highest BCUT2D eigenvalue weighted by Gasteiger charge is 2.19. The lowest BCUT2D eigenvalue weighted by Gasteiger charge is -2.25. The quantitative estimate of drug-likeness (QED) is 0.679. The fraction of sp³-hybridized carbons (Fsp3) is 0.923. The molecule has 17 heavy (non-hydrogen) atoms. The third-order valence-corrected chi connectivity index (χ3v) is 2.69. The Labute approximate surface area is 105 Å². The van der Waals surface area contributed by atoms with Gasteiger partial charge >= 0.3 is 0 Å². The Morgan fingerprint density at radius 1 is 1.18 bits per heavy atom. The molecule has 4 heteroatoms. The molecule has 0 fully saturated rings. The number of rotatable bonds is 8. The number of methoxy groups -OCH3 is 1. The third kappa shape index (κ3) is 7.34. The molecule has 0 aliphatic heterocycles. The van der Waals surface area contributed by atoms with E-state index in [9.17, 15) is 4.79 Å². The molecule has 0 rings (SSSR count). The molecule has 0 aliphatic carbocycles. The van der Waals surface area contributed by atoms with Gasteiger partial charge in [-0.05, 0) is 18.8 Å². The third-order valence-electron chi connectivity index (χ3n) is 2.69. The summed E-state index contributed by atoms with van der Waals surface area (Å²) in [5.41, 5.74) is 0. The summed E-state index contributed by atoms with van der Waals surface area (Å²) in [5.74, 6) is 0.974. The molecule has 0 aromatic heterocycles. The molecule has 0 spiro atoms. The van der Waals surface area contributed by atoms with Crippen LogP contribution in [0.3, 0.4) is 0 Å². The predicted molar refractivity (Wildman–Crippen MR) is 70.9 cm³/mol. The van der Waals surface area contributed by atoms with Gasteiger partial charge in [0.1, 0.15) is 0 Å². The van der Waals surface area contributed by atoms with Crippen molar-refractivity contribution in [3.05, 3.63) is 0 Å². The molecule has 102 valence electrons. The zero-order valence-corrected chi connectivity index (χ0v) is 12.0. The zero-order chi connectivity index (χ0) is 13.4. The topological polar surface area (TPSA) is 50.4 Å². The van der Waals surface area contributed by atoms with Crippen molar-refractivity contribution in [3.8, 4) is 0 Å². The van der Waals surface area contributed by atoms with Crippen molar-refractivity contribution >= 4 is 5.91 Å². The van der Waals surface area contributed by atoms with Crippen LogP contribution in [0, 0.1) is 11.8 Å². The maximum absolute atomic E-state index is 11.8. The second-order valence-electron chi connectivity index (χ2n) is 5.33. The molecule has 0 aromatic rings. The van der Waals surface area contributed by atoms with Gasteiger partial charge in [0, 0.05) is 19.7 Å². The van der Waals surface area contributed by atoms with Gasteiger partial charge in [-0.25, -0.2) is 0 Å². The van der Waals surface area contributed by atoms with Gasteiger partial charge in [0.15, 0.2) is 0 Å². The molecular weight excluding hydrogens is 216 g/mol. The van der Waals surface area contributed by atoms with E-state index in [0.29, 0.717) is 18.4 Å². The normalized spacial score (nSPS) is 15.1. The number of nitrogens with one attached hydrogen (secondary N) is 2. The molecule has 0 aliphatic rings. The fourth-order valence-corrected chi connectivity index (χ4v) is 1.47. The number of carbonyl (C=O) groups is 1. The Kier molecular flexibility index (Phi) is 8.17. The molecule has 2 N–H and O–H groups in total. The Morgan fingerprint density at radius 2 is 1.76 bits per heavy atom. The highest BCUT2D eigenvalue weighted by molar-refractivity contribution is 5.81. The van der Waals surface area contributed by atoms with Crippen LogP contribution in [0.2, 0.25) is 0 Å². The van der Waals surface area contributed by atoms with Crippen LogP contribution in [0.25, 0.3) is 0 Å². The molecule has 2 atom stereocenters. The van der Waals surface area contributed by atoms with Crippen molar-refractivity contribution in [2.75, 3.05) is 20.3 Å². The highest BCUT2D eigenvalue weighted by atomic mass is 16.5. The van der Waals surface area contributed by atoms with E-state index in [2.05, 4.69) is 38.3 Å². The lowest BCUT2D eigenvalue weighted by Crippen LogP contribution is -2.50. The van der Waals surface area contributed by atoms with Gasteiger partial charge < -0.3 is 15.4 Å². The Hall–Kier alpha value is -0.610. The Morgan fingerprint density at radius 3 is 2.18 bits per heavy atom. The fourth-order valence-electron chi connectivity index (χ4n) is 1.47. The maximum atomic E-state index is 11.8. The monoisotopic (exact) mass is 244 g/mol. The number of hydrogen-bond donors (Lipinski definition) is 2. The van der Waals surface area contributed by atoms with Gasteiger partial charge in [-0.2, -0.15) is 0 Å². The van der Waals surface area contributed by atoms with E-state index in [4.69, 9.17) is 4.74 Å². The van der Waals surface area contributed by atoms with Crippen LogP contribution in [0.4, 0.5) is 0 Å². The van der Waals surface area contributed by atoms with Crippen LogP contribution in [0.15, 0.2) is 0 Å². The van der Waals surface area contributed by atoms with Crippen molar-refractivity contribution in [3.63, 3.8) is 0 Å². The molecule has 4 nitrogen and oxygen atoms in total. The van der Waals surface area contributed by atoms with Gasteiger partial charge in [-0.1, -0.05) is 27.7 Å². The molecular formula is C13H28N2O2. The van der Waals surface area contributed by atoms with E-state index in [1.807, 2.05) is 6.92 Å². The summed E-state index contributed by atoms with van der Waals surface area (Å²) in [7, 11) is 1.68. The summed E-state index contributed by atoms with van der Waals surface area (Å²) < 4.78 is 5.15. The SMILES string of the molecule is COCC(NC(C)C(=O)NCC(C)C)C(C)C. The Balaban J connectivity index is 4.11. The summed E-state index contributed by atoms with van der Waals surface area (Å²) >= 11 is 0. The van der Waals surface area contributed by atoms with Gasteiger partial charge in [-0.3, -0.25) is 4.79 Å². The van der Waals surface area contributed by atoms with Crippen molar-refractivity contribution in [2.45, 2.75) is 46.7 Å². The van der Waals surface area contributed by atoms with E-state index in [1.54, 1.807) is 7.11 Å². The molecule has 0 heterocycles. The molecule has 0 radical (unpaired) electrons. The van der Waals surface area contributed by atoms with E-state index in [0.717, 1.165) is 6.54 Å². The van der Waals surface area contributed by atoms with Crippen LogP contribution >= 0.6 is 0 Å². The first kappa shape index (κ1) is 16.4. The summed E-state index contributed by atoms with van der Waals surface area (Å²) in [4.78, 5) is 11.8. The van der Waals surface area contributed by atoms with E-state index >= 15 is 0 Å². The molecule has 1 amide bonds. The lowest BCUT2D eigenvalue weighted by molar-refractivity contribution is -0.123. The van der Waals surface area contributed by atoms with Crippen molar-refractivity contribution in [1.82, 2.24) is 10.6 Å². The first-order valence-corrected chi connectivity index (χ1v) is 6.41. The second kappa shape index (κ2) is 8.48. The van der Waals surface area contributed by atoms with Crippen LogP contribution in [0.1, 0.15) is 34.6 Å². The van der Waals surface area contributed by atoms with Crippen LogP contribution in [0.5, 0.6) is 0 Å². The first-order valence-electron chi connectivity index (χ1n) is 6.41. The molecule has 0 bridgehead atoms. The predicted octanol–water partition coefficient (Wildman–Crippen LogP) is 1.41. The van der Waals surface area contributed by atoms with Crippen molar-refractivity contribution in [2.24, 2.45) is 11.8 Å². The number of ether oxygens (including phenoxy) is 1. The summed E-state index contributed by atoms with van der Waals surface area (Å²) in [6.45, 7) is 11.6. The first-order chi connectivity index (χ1) is 7.88. The smallest absolute Gasteiger partial charge is 0.236 e. The van der Waals surface area contributed by atoms with Gasteiger partial charge in [0.2, 0.25) is 5.91 Å². The molecule has 0 aromatic carbocycles. The Bertz CT molecular complexity index is 217. The summed E-state index contributed by atoms with van der Waals surface area (Å²) in [6.07, 6.45) is 0. The molecule has 0 saturated heterocycles. The minimum absolute atomic E-state index is 0.0560. The number of hydrogen-bond acceptors (Lipinski definition) is 3. The average molecular weight is 244 g/mol. The van der Waals surface area contributed by atoms with Crippen molar-refractivity contribution < 1.29 is 9.53 Å². The van der Waals surface area contributed by atoms with Crippen molar-refractivity contribution in [1.29, 1.82) is 0 Å².